The molecule has 0 radical (unpaired) electrons. The van der Waals surface area contributed by atoms with Crippen molar-refractivity contribution in [3.8, 4) is 5.75 Å². The monoisotopic (exact) mass is 362 g/mol. The molecule has 26 heavy (non-hydrogen) atoms. The number of primary amides is 1. The number of rotatable bonds is 8. The molecule has 2 aromatic rings. The lowest BCUT2D eigenvalue weighted by molar-refractivity contribution is 0.0972. The van der Waals surface area contributed by atoms with E-state index in [2.05, 4.69) is 15.6 Å². The van der Waals surface area contributed by atoms with Crippen molar-refractivity contribution < 1.29 is 18.3 Å². The molecule has 0 saturated heterocycles. The second-order valence-corrected chi connectivity index (χ2v) is 5.57. The van der Waals surface area contributed by atoms with Crippen molar-refractivity contribution in [1.29, 1.82) is 0 Å². The minimum Gasteiger partial charge on any atom is -0.486 e. The van der Waals surface area contributed by atoms with Gasteiger partial charge in [0.05, 0.1) is 6.54 Å². The van der Waals surface area contributed by atoms with Crippen LogP contribution in [0.1, 0.15) is 30.2 Å². The number of furan rings is 1. The predicted octanol–water partition coefficient (Wildman–Crippen LogP) is 2.04. The summed E-state index contributed by atoms with van der Waals surface area (Å²) in [4.78, 5) is 15.4. The molecule has 7 nitrogen and oxygen atoms in total. The van der Waals surface area contributed by atoms with Crippen molar-refractivity contribution in [3.05, 3.63) is 53.7 Å². The first-order valence-corrected chi connectivity index (χ1v) is 8.31. The zero-order chi connectivity index (χ0) is 18.9. The Labute approximate surface area is 151 Å². The van der Waals surface area contributed by atoms with Crippen molar-refractivity contribution in [3.63, 3.8) is 0 Å². The molecule has 1 amide bonds. The number of carbonyl (C=O) groups is 1. The van der Waals surface area contributed by atoms with Crippen LogP contribution in [0.25, 0.3) is 0 Å². The van der Waals surface area contributed by atoms with Crippen LogP contribution in [0.15, 0.2) is 45.8 Å². The summed E-state index contributed by atoms with van der Waals surface area (Å²) in [6.07, 6.45) is -0.277. The Kier molecular flexibility index (Phi) is 7.02. The molecule has 0 bridgehead atoms. The quantitative estimate of drug-likeness (QED) is 0.493. The standard InChI is InChI=1S/C18H23FN4O3/c1-3-21-18(23-11-13-8-9-16(26-13)17(20)24)22-10-12(2)25-15-7-5-4-6-14(15)19/h4-9,12H,3,10-11H2,1-2H3,(H2,20,24)(H2,21,22,23). The summed E-state index contributed by atoms with van der Waals surface area (Å²) in [6.45, 7) is 5.10. The van der Waals surface area contributed by atoms with Crippen LogP contribution in [0, 0.1) is 5.82 Å². The van der Waals surface area contributed by atoms with Gasteiger partial charge in [-0.2, -0.15) is 0 Å². The van der Waals surface area contributed by atoms with Crippen LogP contribution in [0.4, 0.5) is 4.39 Å². The molecule has 2 rings (SSSR count). The van der Waals surface area contributed by atoms with Crippen molar-refractivity contribution >= 4 is 11.9 Å². The summed E-state index contributed by atoms with van der Waals surface area (Å²) in [5.74, 6) is 0.353. The third kappa shape index (κ3) is 5.80. The van der Waals surface area contributed by atoms with Crippen molar-refractivity contribution in [2.24, 2.45) is 10.7 Å². The lowest BCUT2D eigenvalue weighted by Crippen LogP contribution is -2.41. The van der Waals surface area contributed by atoms with Gasteiger partial charge >= 0.3 is 0 Å². The van der Waals surface area contributed by atoms with Gasteiger partial charge < -0.3 is 25.5 Å². The minimum absolute atomic E-state index is 0.0973. The summed E-state index contributed by atoms with van der Waals surface area (Å²) in [7, 11) is 0. The Hall–Kier alpha value is -3.03. The van der Waals surface area contributed by atoms with E-state index in [0.29, 0.717) is 24.8 Å². The number of nitrogens with two attached hydrogens (primary N) is 1. The molecule has 0 spiro atoms. The van der Waals surface area contributed by atoms with Crippen LogP contribution in [0.3, 0.4) is 0 Å². The smallest absolute Gasteiger partial charge is 0.284 e. The number of nitrogens with zero attached hydrogens (tertiary/aromatic N) is 1. The van der Waals surface area contributed by atoms with Gasteiger partial charge in [0.25, 0.3) is 5.91 Å². The first-order chi connectivity index (χ1) is 12.5. The number of para-hydroxylation sites is 1. The number of halogens is 1. The number of benzene rings is 1. The molecule has 0 saturated carbocycles. The maximum atomic E-state index is 13.6. The number of carbonyl (C=O) groups excluding carboxylic acids is 1. The van der Waals surface area contributed by atoms with Crippen LogP contribution < -0.4 is 21.1 Å². The molecule has 1 atom stereocenters. The Balaban J connectivity index is 1.90. The second-order valence-electron chi connectivity index (χ2n) is 5.57. The highest BCUT2D eigenvalue weighted by molar-refractivity contribution is 5.89. The van der Waals surface area contributed by atoms with Crippen LogP contribution in [0.2, 0.25) is 0 Å². The second kappa shape index (κ2) is 9.45. The number of aliphatic imine (C=N–C) groups is 1. The van der Waals surface area contributed by atoms with Crippen molar-refractivity contribution in [1.82, 2.24) is 10.6 Å². The molecule has 8 heteroatoms. The molecule has 0 fully saturated rings. The third-order valence-electron chi connectivity index (χ3n) is 3.36. The highest BCUT2D eigenvalue weighted by Crippen LogP contribution is 2.16. The first-order valence-electron chi connectivity index (χ1n) is 8.31. The van der Waals surface area contributed by atoms with E-state index in [9.17, 15) is 9.18 Å². The number of hydrogen-bond donors (Lipinski definition) is 3. The average Bonchev–Trinajstić information content (AvgIpc) is 3.09. The SMILES string of the molecule is CCNC(=NCc1ccc(C(N)=O)o1)NCC(C)Oc1ccccc1F. The van der Waals surface area contributed by atoms with E-state index in [0.717, 1.165) is 0 Å². The molecular formula is C18H23FN4O3. The highest BCUT2D eigenvalue weighted by Gasteiger charge is 2.10. The van der Waals surface area contributed by atoms with Gasteiger partial charge in [0, 0.05) is 6.54 Å². The van der Waals surface area contributed by atoms with Crippen LogP contribution >= 0.6 is 0 Å². The molecule has 1 heterocycles. The lowest BCUT2D eigenvalue weighted by Gasteiger charge is -2.17. The lowest BCUT2D eigenvalue weighted by atomic mass is 10.3. The van der Waals surface area contributed by atoms with Crippen LogP contribution in [-0.2, 0) is 6.54 Å². The van der Waals surface area contributed by atoms with E-state index in [-0.39, 0.29) is 24.2 Å². The van der Waals surface area contributed by atoms with E-state index in [1.807, 2.05) is 13.8 Å². The fourth-order valence-electron chi connectivity index (χ4n) is 2.13. The number of ether oxygens (including phenoxy) is 1. The van der Waals surface area contributed by atoms with Crippen LogP contribution in [0.5, 0.6) is 5.75 Å². The topological polar surface area (TPSA) is 102 Å². The van der Waals surface area contributed by atoms with Gasteiger partial charge in [-0.3, -0.25) is 4.79 Å². The Morgan fingerprint density at radius 3 is 2.73 bits per heavy atom. The van der Waals surface area contributed by atoms with Crippen LogP contribution in [-0.4, -0.2) is 31.1 Å². The zero-order valence-corrected chi connectivity index (χ0v) is 14.8. The van der Waals surface area contributed by atoms with Gasteiger partial charge in [0.1, 0.15) is 18.4 Å². The molecule has 1 aromatic heterocycles. The Morgan fingerprint density at radius 1 is 1.31 bits per heavy atom. The summed E-state index contributed by atoms with van der Waals surface area (Å²) < 4.78 is 24.5. The molecule has 4 N–H and O–H groups in total. The van der Waals surface area contributed by atoms with Gasteiger partial charge in [-0.1, -0.05) is 12.1 Å². The van der Waals surface area contributed by atoms with E-state index >= 15 is 0 Å². The largest absolute Gasteiger partial charge is 0.486 e. The number of guanidine groups is 1. The van der Waals surface area contributed by atoms with E-state index in [1.54, 1.807) is 24.3 Å². The first kappa shape index (κ1) is 19.3. The van der Waals surface area contributed by atoms with Gasteiger partial charge in [0.15, 0.2) is 23.3 Å². The van der Waals surface area contributed by atoms with E-state index < -0.39 is 11.7 Å². The fraction of sp³-hybridized carbons (Fsp3) is 0.333. The number of hydrogen-bond acceptors (Lipinski definition) is 4. The predicted molar refractivity (Wildman–Crippen MR) is 96.5 cm³/mol. The molecular weight excluding hydrogens is 339 g/mol. The molecule has 0 aliphatic carbocycles. The fourth-order valence-corrected chi connectivity index (χ4v) is 2.13. The molecule has 0 aliphatic rings. The maximum absolute atomic E-state index is 13.6. The summed E-state index contributed by atoms with van der Waals surface area (Å²) in [6, 6.07) is 9.42. The minimum atomic E-state index is -0.621. The molecule has 1 aromatic carbocycles. The Morgan fingerprint density at radius 2 is 2.08 bits per heavy atom. The number of nitrogens with one attached hydrogen (secondary N) is 2. The zero-order valence-electron chi connectivity index (χ0n) is 14.8. The van der Waals surface area contributed by atoms with Gasteiger partial charge in [0.2, 0.25) is 0 Å². The molecule has 0 aliphatic heterocycles. The van der Waals surface area contributed by atoms with Gasteiger partial charge in [-0.25, -0.2) is 9.38 Å². The van der Waals surface area contributed by atoms with Crippen molar-refractivity contribution in [2.75, 3.05) is 13.1 Å². The summed E-state index contributed by atoms with van der Waals surface area (Å²) in [5, 5.41) is 6.21. The normalized spacial score (nSPS) is 12.5. The summed E-state index contributed by atoms with van der Waals surface area (Å²) >= 11 is 0. The van der Waals surface area contributed by atoms with Gasteiger partial charge in [-0.15, -0.1) is 0 Å². The van der Waals surface area contributed by atoms with Crippen molar-refractivity contribution in [2.45, 2.75) is 26.5 Å². The number of amides is 1. The van der Waals surface area contributed by atoms with Gasteiger partial charge in [-0.05, 0) is 38.1 Å². The third-order valence-corrected chi connectivity index (χ3v) is 3.36. The average molecular weight is 362 g/mol. The van der Waals surface area contributed by atoms with E-state index in [4.69, 9.17) is 14.9 Å². The summed E-state index contributed by atoms with van der Waals surface area (Å²) in [5.41, 5.74) is 5.15. The highest BCUT2D eigenvalue weighted by atomic mass is 19.1. The Bertz CT molecular complexity index is 760. The maximum Gasteiger partial charge on any atom is 0.284 e. The molecule has 140 valence electrons. The molecule has 1 unspecified atom stereocenters. The van der Waals surface area contributed by atoms with E-state index in [1.165, 1.54) is 12.1 Å².